The van der Waals surface area contributed by atoms with E-state index in [2.05, 4.69) is 4.98 Å². The van der Waals surface area contributed by atoms with E-state index in [4.69, 9.17) is 4.98 Å². The van der Waals surface area contributed by atoms with Crippen molar-refractivity contribution in [2.45, 2.75) is 44.9 Å². The van der Waals surface area contributed by atoms with Gasteiger partial charge in [0.15, 0.2) is 5.13 Å². The Hall–Kier alpha value is -4.37. The molecule has 8 nitrogen and oxygen atoms in total. The van der Waals surface area contributed by atoms with Crippen LogP contribution in [0, 0.1) is 11.8 Å². The number of benzene rings is 2. The summed E-state index contributed by atoms with van der Waals surface area (Å²) < 4.78 is 0. The number of hydrogen-bond donors (Lipinski definition) is 1. The number of anilines is 2. The minimum Gasteiger partial charge on any atom is -0.481 e. The monoisotopic (exact) mass is 594 g/mol. The number of carbonyl (C=O) groups excluding carboxylic acids is 2. The molecule has 0 saturated carbocycles. The van der Waals surface area contributed by atoms with Crippen molar-refractivity contribution in [1.82, 2.24) is 9.97 Å². The number of aliphatic carboxylic acids is 1. The SMILES string of the molecule is O=C(O)C[C@@H]1C(=O)N(c2nc(-c3ccccc3-c3ccc(N4CCCC4=O)nc3)cs2)CCCC[C@@H]1Cc1ccccc1. The lowest BCUT2D eigenvalue weighted by Crippen LogP contribution is -2.43. The molecule has 220 valence electrons. The summed E-state index contributed by atoms with van der Waals surface area (Å²) in [6.45, 7) is 1.21. The number of carboxylic acid groups (broad SMARTS) is 1. The Morgan fingerprint density at radius 1 is 0.907 bits per heavy atom. The van der Waals surface area contributed by atoms with Gasteiger partial charge in [0.25, 0.3) is 0 Å². The zero-order valence-corrected chi connectivity index (χ0v) is 24.7. The summed E-state index contributed by atoms with van der Waals surface area (Å²) in [6.07, 6.45) is 6.25. The van der Waals surface area contributed by atoms with Gasteiger partial charge in [0.2, 0.25) is 11.8 Å². The highest BCUT2D eigenvalue weighted by atomic mass is 32.1. The van der Waals surface area contributed by atoms with Crippen molar-refractivity contribution >= 4 is 40.1 Å². The van der Waals surface area contributed by atoms with Gasteiger partial charge in [-0.2, -0.15) is 0 Å². The van der Waals surface area contributed by atoms with Gasteiger partial charge in [-0.3, -0.25) is 24.2 Å². The molecule has 0 aliphatic carbocycles. The molecule has 2 saturated heterocycles. The van der Waals surface area contributed by atoms with Crippen LogP contribution in [0.4, 0.5) is 10.9 Å². The van der Waals surface area contributed by atoms with E-state index in [1.54, 1.807) is 16.0 Å². The molecule has 43 heavy (non-hydrogen) atoms. The average molecular weight is 595 g/mol. The van der Waals surface area contributed by atoms with Crippen molar-refractivity contribution in [1.29, 1.82) is 0 Å². The van der Waals surface area contributed by atoms with Crippen molar-refractivity contribution in [3.8, 4) is 22.4 Å². The van der Waals surface area contributed by atoms with Gasteiger partial charge in [-0.1, -0.05) is 61.0 Å². The van der Waals surface area contributed by atoms with Crippen molar-refractivity contribution in [3.05, 3.63) is 83.9 Å². The van der Waals surface area contributed by atoms with Crippen LogP contribution in [-0.4, -0.2) is 45.9 Å². The molecule has 2 aliphatic heterocycles. The van der Waals surface area contributed by atoms with Crippen LogP contribution in [0.5, 0.6) is 0 Å². The fourth-order valence-corrected chi connectivity index (χ4v) is 7.10. The Balaban J connectivity index is 1.27. The number of thiazole rings is 1. The largest absolute Gasteiger partial charge is 0.481 e. The topological polar surface area (TPSA) is 104 Å². The standard InChI is InChI=1S/C34H34N4O4S/c39-31-14-8-18-37(31)30-16-15-25(21-35-30)26-12-4-5-13-27(26)29-22-43-34(36-29)38-17-7-6-11-24(19-23-9-2-1-3-10-23)28(33(38)42)20-32(40)41/h1-5,9-10,12-13,15-16,21-22,24,28H,6-8,11,14,17-20H2,(H,40,41)/t24-,28+/m1/s1. The molecule has 0 bridgehead atoms. The Morgan fingerprint density at radius 2 is 1.67 bits per heavy atom. The molecule has 1 N–H and O–H groups in total. The molecule has 2 aliphatic rings. The molecule has 2 aromatic heterocycles. The smallest absolute Gasteiger partial charge is 0.304 e. The molecule has 2 aromatic carbocycles. The molecule has 0 radical (unpaired) electrons. The number of rotatable bonds is 8. The average Bonchev–Trinajstić information content (AvgIpc) is 3.68. The Morgan fingerprint density at radius 3 is 2.40 bits per heavy atom. The number of pyridine rings is 1. The number of hydrogen-bond acceptors (Lipinski definition) is 6. The second-order valence-electron chi connectivity index (χ2n) is 11.3. The van der Waals surface area contributed by atoms with Crippen LogP contribution in [-0.2, 0) is 20.8 Å². The zero-order chi connectivity index (χ0) is 29.8. The van der Waals surface area contributed by atoms with E-state index in [0.717, 1.165) is 53.6 Å². The molecule has 9 heteroatoms. The van der Waals surface area contributed by atoms with Crippen LogP contribution >= 0.6 is 11.3 Å². The van der Waals surface area contributed by atoms with Crippen LogP contribution in [0.1, 0.15) is 44.1 Å². The number of carboxylic acids is 1. The van der Waals surface area contributed by atoms with Crippen molar-refractivity contribution in [2.24, 2.45) is 11.8 Å². The predicted octanol–water partition coefficient (Wildman–Crippen LogP) is 6.47. The van der Waals surface area contributed by atoms with E-state index in [1.807, 2.05) is 72.1 Å². The maximum atomic E-state index is 14.0. The first-order chi connectivity index (χ1) is 21.0. The van der Waals surface area contributed by atoms with Crippen molar-refractivity contribution in [3.63, 3.8) is 0 Å². The lowest BCUT2D eigenvalue weighted by Gasteiger charge is -2.33. The molecule has 2 atom stereocenters. The van der Waals surface area contributed by atoms with Gasteiger partial charge in [-0.05, 0) is 54.9 Å². The van der Waals surface area contributed by atoms with Crippen LogP contribution < -0.4 is 9.80 Å². The summed E-state index contributed by atoms with van der Waals surface area (Å²) in [6, 6.07) is 21.8. The zero-order valence-electron chi connectivity index (χ0n) is 23.9. The Labute approximate surface area is 255 Å². The lowest BCUT2D eigenvalue weighted by molar-refractivity contribution is -0.141. The number of nitrogens with zero attached hydrogens (tertiary/aromatic N) is 4. The normalized spacial score (nSPS) is 19.3. The van der Waals surface area contributed by atoms with Crippen molar-refractivity contribution < 1.29 is 19.5 Å². The summed E-state index contributed by atoms with van der Waals surface area (Å²) in [5.41, 5.74) is 4.65. The second kappa shape index (κ2) is 12.9. The fourth-order valence-electron chi connectivity index (χ4n) is 6.25. The lowest BCUT2D eigenvalue weighted by atomic mass is 9.79. The molecular formula is C34H34N4O4S. The summed E-state index contributed by atoms with van der Waals surface area (Å²) in [4.78, 5) is 51.1. The first-order valence-corrected chi connectivity index (χ1v) is 15.7. The highest BCUT2D eigenvalue weighted by Gasteiger charge is 2.36. The van der Waals surface area contributed by atoms with Gasteiger partial charge in [-0.15, -0.1) is 11.3 Å². The van der Waals surface area contributed by atoms with E-state index in [0.29, 0.717) is 36.9 Å². The summed E-state index contributed by atoms with van der Waals surface area (Å²) in [5, 5.41) is 12.3. The Bertz CT molecular complexity index is 1600. The molecule has 4 heterocycles. The maximum absolute atomic E-state index is 14.0. The first-order valence-electron chi connectivity index (χ1n) is 14.9. The van der Waals surface area contributed by atoms with Gasteiger partial charge >= 0.3 is 5.97 Å². The number of aromatic nitrogens is 2. The van der Waals surface area contributed by atoms with Gasteiger partial charge in [-0.25, -0.2) is 9.97 Å². The number of carbonyl (C=O) groups is 3. The molecule has 2 amide bonds. The number of amides is 2. The molecule has 2 fully saturated rings. The Kier molecular flexibility index (Phi) is 8.60. The van der Waals surface area contributed by atoms with Crippen LogP contribution in [0.15, 0.2) is 78.3 Å². The van der Waals surface area contributed by atoms with Crippen LogP contribution in [0.25, 0.3) is 22.4 Å². The maximum Gasteiger partial charge on any atom is 0.304 e. The predicted molar refractivity (Wildman–Crippen MR) is 168 cm³/mol. The fraction of sp³-hybridized carbons (Fsp3) is 0.324. The molecule has 4 aromatic rings. The van der Waals surface area contributed by atoms with E-state index in [-0.39, 0.29) is 24.2 Å². The highest BCUT2D eigenvalue weighted by Crippen LogP contribution is 2.37. The van der Waals surface area contributed by atoms with Gasteiger partial charge in [0.1, 0.15) is 5.82 Å². The van der Waals surface area contributed by atoms with Crippen molar-refractivity contribution in [2.75, 3.05) is 22.9 Å². The third-order valence-electron chi connectivity index (χ3n) is 8.43. The van der Waals surface area contributed by atoms with Gasteiger partial charge in [0, 0.05) is 42.2 Å². The third kappa shape index (κ3) is 6.37. The van der Waals surface area contributed by atoms with E-state index in [1.165, 1.54) is 11.3 Å². The minimum absolute atomic E-state index is 0.0553. The van der Waals surface area contributed by atoms with Gasteiger partial charge < -0.3 is 5.11 Å². The quantitative estimate of drug-likeness (QED) is 0.251. The third-order valence-corrected chi connectivity index (χ3v) is 9.29. The second-order valence-corrected chi connectivity index (χ2v) is 12.1. The van der Waals surface area contributed by atoms with E-state index < -0.39 is 11.9 Å². The molecule has 6 rings (SSSR count). The summed E-state index contributed by atoms with van der Waals surface area (Å²) >= 11 is 1.41. The molecular weight excluding hydrogens is 560 g/mol. The first kappa shape index (κ1) is 28.7. The van der Waals surface area contributed by atoms with Gasteiger partial charge in [0.05, 0.1) is 18.0 Å². The minimum atomic E-state index is -0.959. The molecule has 0 spiro atoms. The summed E-state index contributed by atoms with van der Waals surface area (Å²) in [5.74, 6) is -1.03. The van der Waals surface area contributed by atoms with E-state index in [9.17, 15) is 19.5 Å². The van der Waals surface area contributed by atoms with Crippen LogP contribution in [0.3, 0.4) is 0 Å². The summed E-state index contributed by atoms with van der Waals surface area (Å²) in [7, 11) is 0. The van der Waals surface area contributed by atoms with E-state index >= 15 is 0 Å². The highest BCUT2D eigenvalue weighted by molar-refractivity contribution is 7.14. The van der Waals surface area contributed by atoms with Crippen LogP contribution in [0.2, 0.25) is 0 Å². The molecule has 0 unspecified atom stereocenters.